The Hall–Kier alpha value is 0.310. The molecule has 1 aliphatic heterocycles. The molecule has 2 aliphatic rings. The first-order valence-electron chi connectivity index (χ1n) is 6.03. The second-order valence-corrected chi connectivity index (χ2v) is 6.84. The summed E-state index contributed by atoms with van der Waals surface area (Å²) >= 11 is 2.18. The minimum Gasteiger partial charge on any atom is -0.299 e. The fourth-order valence-corrected chi connectivity index (χ4v) is 4.34. The predicted molar refractivity (Wildman–Crippen MR) is 64.6 cm³/mol. The lowest BCUT2D eigenvalue weighted by Gasteiger charge is -2.38. The van der Waals surface area contributed by atoms with Gasteiger partial charge in [0.25, 0.3) is 0 Å². The molecule has 2 fully saturated rings. The van der Waals surface area contributed by atoms with Gasteiger partial charge in [-0.3, -0.25) is 5.32 Å². The highest BCUT2D eigenvalue weighted by atomic mass is 32.2. The maximum atomic E-state index is 3.79. The Bertz CT molecular complexity index is 194. The van der Waals surface area contributed by atoms with Crippen LogP contribution in [0.3, 0.4) is 0 Å². The van der Waals surface area contributed by atoms with E-state index in [9.17, 15) is 0 Å². The van der Waals surface area contributed by atoms with Crippen molar-refractivity contribution in [1.29, 1.82) is 0 Å². The van der Waals surface area contributed by atoms with E-state index in [1.165, 1.54) is 31.4 Å². The number of hydrogen-bond acceptors (Lipinski definition) is 2. The van der Waals surface area contributed by atoms with Gasteiger partial charge in [-0.25, -0.2) is 0 Å². The van der Waals surface area contributed by atoms with Crippen LogP contribution in [0.1, 0.15) is 46.5 Å². The average Bonchev–Trinajstić information content (AvgIpc) is 2.48. The van der Waals surface area contributed by atoms with E-state index < -0.39 is 0 Å². The van der Waals surface area contributed by atoms with E-state index in [-0.39, 0.29) is 0 Å². The molecule has 0 aromatic carbocycles. The Morgan fingerprint density at radius 3 is 2.36 bits per heavy atom. The van der Waals surface area contributed by atoms with E-state index in [1.54, 1.807) is 0 Å². The van der Waals surface area contributed by atoms with Crippen molar-refractivity contribution >= 4 is 11.8 Å². The van der Waals surface area contributed by atoms with Crippen LogP contribution in [0.4, 0.5) is 0 Å². The fraction of sp³-hybridized carbons (Fsp3) is 1.00. The van der Waals surface area contributed by atoms with Crippen LogP contribution < -0.4 is 5.32 Å². The summed E-state index contributed by atoms with van der Waals surface area (Å²) < 4.78 is 0. The smallest absolute Gasteiger partial charge is 0.0648 e. The highest BCUT2D eigenvalue weighted by Gasteiger charge is 2.40. The SMILES string of the molecule is CC1CSC2(CCC(C(C)C)CC2)N1. The summed E-state index contributed by atoms with van der Waals surface area (Å²) in [5.41, 5.74) is 0. The number of hydrogen-bond donors (Lipinski definition) is 1. The van der Waals surface area contributed by atoms with Crippen molar-refractivity contribution in [3.63, 3.8) is 0 Å². The number of thioether (sulfide) groups is 1. The molecule has 0 amide bonds. The van der Waals surface area contributed by atoms with E-state index in [4.69, 9.17) is 0 Å². The molecule has 1 nitrogen and oxygen atoms in total. The largest absolute Gasteiger partial charge is 0.299 e. The van der Waals surface area contributed by atoms with Crippen LogP contribution in [-0.4, -0.2) is 16.7 Å². The van der Waals surface area contributed by atoms with Gasteiger partial charge in [0.2, 0.25) is 0 Å². The summed E-state index contributed by atoms with van der Waals surface area (Å²) in [6.07, 6.45) is 5.66. The molecule has 2 heteroatoms. The molecular weight excluding hydrogens is 190 g/mol. The molecule has 1 saturated heterocycles. The van der Waals surface area contributed by atoms with Gasteiger partial charge in [0.1, 0.15) is 0 Å². The zero-order valence-electron chi connectivity index (χ0n) is 9.68. The van der Waals surface area contributed by atoms with Crippen molar-refractivity contribution in [2.75, 3.05) is 5.75 Å². The molecule has 1 saturated carbocycles. The average molecular weight is 213 g/mol. The highest BCUT2D eigenvalue weighted by molar-refractivity contribution is 8.00. The molecule has 0 aromatic rings. The minimum absolute atomic E-state index is 0.477. The minimum atomic E-state index is 0.477. The van der Waals surface area contributed by atoms with Crippen LogP contribution in [0, 0.1) is 11.8 Å². The summed E-state index contributed by atoms with van der Waals surface area (Å²) in [6.45, 7) is 7.07. The zero-order chi connectivity index (χ0) is 10.2. The van der Waals surface area contributed by atoms with E-state index in [0.29, 0.717) is 4.87 Å². The van der Waals surface area contributed by atoms with Crippen LogP contribution in [0.15, 0.2) is 0 Å². The first-order valence-corrected chi connectivity index (χ1v) is 7.01. The lowest BCUT2D eigenvalue weighted by molar-refractivity contribution is 0.221. The first kappa shape index (κ1) is 10.8. The molecule has 0 aromatic heterocycles. The Balaban J connectivity index is 1.89. The third kappa shape index (κ3) is 2.11. The normalized spacial score (nSPS) is 43.7. The van der Waals surface area contributed by atoms with Crippen LogP contribution in [0.2, 0.25) is 0 Å². The van der Waals surface area contributed by atoms with E-state index in [1.807, 2.05) is 0 Å². The lowest BCUT2D eigenvalue weighted by atomic mass is 9.79. The van der Waals surface area contributed by atoms with Crippen molar-refractivity contribution in [2.45, 2.75) is 57.4 Å². The van der Waals surface area contributed by atoms with Gasteiger partial charge in [-0.15, -0.1) is 11.8 Å². The molecule has 0 bridgehead atoms. The maximum absolute atomic E-state index is 3.79. The van der Waals surface area contributed by atoms with E-state index in [0.717, 1.165) is 17.9 Å². The van der Waals surface area contributed by atoms with Crippen molar-refractivity contribution in [2.24, 2.45) is 11.8 Å². The second-order valence-electron chi connectivity index (χ2n) is 5.43. The molecule has 1 unspecified atom stereocenters. The molecule has 1 atom stereocenters. The summed E-state index contributed by atoms with van der Waals surface area (Å²) in [5, 5.41) is 3.79. The second kappa shape index (κ2) is 4.05. The monoisotopic (exact) mass is 213 g/mol. The summed E-state index contributed by atoms with van der Waals surface area (Å²) in [4.78, 5) is 0.477. The molecule has 1 spiro atoms. The lowest BCUT2D eigenvalue weighted by Crippen LogP contribution is -2.44. The van der Waals surface area contributed by atoms with Gasteiger partial charge in [-0.05, 0) is 44.4 Å². The van der Waals surface area contributed by atoms with Gasteiger partial charge in [0, 0.05) is 11.8 Å². The fourth-order valence-electron chi connectivity index (χ4n) is 2.88. The molecule has 1 N–H and O–H groups in total. The van der Waals surface area contributed by atoms with Gasteiger partial charge >= 0.3 is 0 Å². The van der Waals surface area contributed by atoms with Crippen molar-refractivity contribution in [3.8, 4) is 0 Å². The Morgan fingerprint density at radius 1 is 1.29 bits per heavy atom. The first-order chi connectivity index (χ1) is 6.61. The molecule has 0 radical (unpaired) electrons. The van der Waals surface area contributed by atoms with Gasteiger partial charge in [0.15, 0.2) is 0 Å². The third-order valence-electron chi connectivity index (χ3n) is 3.90. The van der Waals surface area contributed by atoms with Crippen LogP contribution >= 0.6 is 11.8 Å². The molecule has 82 valence electrons. The quantitative estimate of drug-likeness (QED) is 0.717. The number of nitrogens with one attached hydrogen (secondary N) is 1. The summed E-state index contributed by atoms with van der Waals surface area (Å²) in [5.74, 6) is 3.18. The standard InChI is InChI=1S/C12H23NS/c1-9(2)11-4-6-12(7-5-11)13-10(3)8-14-12/h9-11,13H,4-8H2,1-3H3. The van der Waals surface area contributed by atoms with Crippen LogP contribution in [-0.2, 0) is 0 Å². The zero-order valence-corrected chi connectivity index (χ0v) is 10.5. The predicted octanol–water partition coefficient (Wildman–Crippen LogP) is 3.25. The topological polar surface area (TPSA) is 12.0 Å². The van der Waals surface area contributed by atoms with Crippen LogP contribution in [0.5, 0.6) is 0 Å². The Kier molecular flexibility index (Phi) is 3.13. The van der Waals surface area contributed by atoms with Crippen LogP contribution in [0.25, 0.3) is 0 Å². The van der Waals surface area contributed by atoms with Gasteiger partial charge in [-0.2, -0.15) is 0 Å². The third-order valence-corrected chi connectivity index (χ3v) is 5.65. The van der Waals surface area contributed by atoms with Gasteiger partial charge in [-0.1, -0.05) is 13.8 Å². The summed E-state index contributed by atoms with van der Waals surface area (Å²) in [7, 11) is 0. The summed E-state index contributed by atoms with van der Waals surface area (Å²) in [6, 6.07) is 0.732. The highest BCUT2D eigenvalue weighted by Crippen LogP contribution is 2.45. The van der Waals surface area contributed by atoms with E-state index in [2.05, 4.69) is 37.8 Å². The molecule has 2 rings (SSSR count). The van der Waals surface area contributed by atoms with Crippen molar-refractivity contribution < 1.29 is 0 Å². The van der Waals surface area contributed by atoms with E-state index >= 15 is 0 Å². The van der Waals surface area contributed by atoms with Crippen molar-refractivity contribution in [3.05, 3.63) is 0 Å². The Morgan fingerprint density at radius 2 is 1.93 bits per heavy atom. The molecule has 1 heterocycles. The molecule has 14 heavy (non-hydrogen) atoms. The maximum Gasteiger partial charge on any atom is 0.0648 e. The van der Waals surface area contributed by atoms with Gasteiger partial charge < -0.3 is 0 Å². The number of rotatable bonds is 1. The van der Waals surface area contributed by atoms with Crippen molar-refractivity contribution in [1.82, 2.24) is 5.32 Å². The molecular formula is C12H23NS. The Labute approximate surface area is 92.4 Å². The van der Waals surface area contributed by atoms with Gasteiger partial charge in [0.05, 0.1) is 4.87 Å². The molecule has 1 aliphatic carbocycles.